The number of amides is 2. The monoisotopic (exact) mass is 436 g/mol. The summed E-state index contributed by atoms with van der Waals surface area (Å²) in [6, 6.07) is 3.83. The molecule has 7 heteroatoms. The molecule has 0 spiro atoms. The predicted molar refractivity (Wildman–Crippen MR) is 107 cm³/mol. The first-order valence-electron chi connectivity index (χ1n) is 9.05. The number of fused-ring (bicyclic) bond motifs is 1. The van der Waals surface area contributed by atoms with Gasteiger partial charge in [0, 0.05) is 28.9 Å². The van der Waals surface area contributed by atoms with E-state index in [2.05, 4.69) is 40.6 Å². The van der Waals surface area contributed by atoms with E-state index in [1.807, 2.05) is 24.0 Å². The zero-order valence-electron chi connectivity index (χ0n) is 15.7. The Balaban J connectivity index is 1.70. The van der Waals surface area contributed by atoms with Crippen LogP contribution in [0.3, 0.4) is 0 Å². The molecule has 1 aromatic rings. The molecule has 0 bridgehead atoms. The second kappa shape index (κ2) is 7.27. The molecule has 0 aromatic heterocycles. The first-order chi connectivity index (χ1) is 12.2. The maximum absolute atomic E-state index is 12.4. The Morgan fingerprint density at radius 3 is 2.58 bits per heavy atom. The van der Waals surface area contributed by atoms with E-state index >= 15 is 0 Å². The summed E-state index contributed by atoms with van der Waals surface area (Å²) in [4.78, 5) is 30.0. The molecule has 1 saturated heterocycles. The van der Waals surface area contributed by atoms with Crippen LogP contribution in [0.15, 0.2) is 21.6 Å². The van der Waals surface area contributed by atoms with Crippen molar-refractivity contribution in [3.8, 4) is 0 Å². The lowest BCUT2D eigenvalue weighted by Gasteiger charge is -2.34. The fourth-order valence-electron chi connectivity index (χ4n) is 3.29. The third-order valence-electron chi connectivity index (χ3n) is 5.37. The Kier molecular flexibility index (Phi) is 5.39. The Morgan fingerprint density at radius 2 is 1.96 bits per heavy atom. The molecule has 5 nitrogen and oxygen atoms in total. The molecule has 2 aliphatic heterocycles. The average molecular weight is 437 g/mol. The number of likely N-dealkylation sites (tertiary alicyclic amines) is 1. The van der Waals surface area contributed by atoms with Crippen molar-refractivity contribution in [3.63, 3.8) is 0 Å². The highest BCUT2D eigenvalue weighted by molar-refractivity contribution is 9.10. The van der Waals surface area contributed by atoms with Gasteiger partial charge in [-0.1, -0.05) is 35.6 Å². The minimum absolute atomic E-state index is 0.00137. The number of nitrogens with zero attached hydrogens (tertiary/aromatic N) is 2. The molecule has 1 fully saturated rings. The van der Waals surface area contributed by atoms with E-state index in [9.17, 15) is 9.59 Å². The zero-order valence-corrected chi connectivity index (χ0v) is 18.3. The second-order valence-corrected chi connectivity index (χ2v) is 14.5. The summed E-state index contributed by atoms with van der Waals surface area (Å²) in [5, 5.41) is 1.68. The molecule has 3 rings (SSSR count). The quantitative estimate of drug-likeness (QED) is 0.684. The summed E-state index contributed by atoms with van der Waals surface area (Å²) in [5.41, 5.74) is 1.14. The number of rotatable bonds is 3. The van der Waals surface area contributed by atoms with Crippen molar-refractivity contribution in [2.75, 3.05) is 13.1 Å². The van der Waals surface area contributed by atoms with Crippen LogP contribution < -0.4 is 10.6 Å². The number of piperidine rings is 1. The Bertz CT molecular complexity index is 855. The van der Waals surface area contributed by atoms with Crippen molar-refractivity contribution < 1.29 is 14.3 Å². The third kappa shape index (κ3) is 3.93. The van der Waals surface area contributed by atoms with Gasteiger partial charge in [-0.3, -0.25) is 4.79 Å². The van der Waals surface area contributed by atoms with Gasteiger partial charge in [-0.05, 0) is 43.4 Å². The molecular weight excluding hydrogens is 412 g/mol. The van der Waals surface area contributed by atoms with Crippen LogP contribution in [0.5, 0.6) is 0 Å². The molecule has 0 radical (unpaired) electrons. The summed E-state index contributed by atoms with van der Waals surface area (Å²) in [6.07, 6.45) is 3.12. The number of ether oxygens (including phenoxy) is 1. The maximum atomic E-state index is 12.4. The van der Waals surface area contributed by atoms with Gasteiger partial charge in [-0.25, -0.2) is 9.79 Å². The molecule has 140 valence electrons. The van der Waals surface area contributed by atoms with Gasteiger partial charge < -0.3 is 9.64 Å². The van der Waals surface area contributed by atoms with Gasteiger partial charge in [-0.15, -0.1) is 0 Å². The standard InChI is InChI=1S/C19H25BrN2O3Si/c1-12(26(2,3)4)25-19(24)22-9-7-13(8-10-22)18-14-11-17(23)21-16(14)6-5-15(18)20/h5-6,11-13H,7-10H2,1-4H3. The number of hydrogen-bond acceptors (Lipinski definition) is 3. The zero-order chi connectivity index (χ0) is 19.1. The normalized spacial score (nSPS) is 18.8. The van der Waals surface area contributed by atoms with Crippen LogP contribution in [0.4, 0.5) is 4.79 Å². The summed E-state index contributed by atoms with van der Waals surface area (Å²) in [7, 11) is -1.50. The molecule has 1 aromatic carbocycles. The van der Waals surface area contributed by atoms with Crippen LogP contribution in [0.1, 0.15) is 31.2 Å². The SMILES string of the molecule is CC(OC(=O)N1CCC(c2c(Br)ccc3c2=CC(=O)N=3)CC1)[Si](C)(C)C. The molecule has 2 heterocycles. The van der Waals surface area contributed by atoms with Crippen LogP contribution in [0, 0.1) is 0 Å². The highest BCUT2D eigenvalue weighted by Gasteiger charge is 2.31. The molecule has 0 saturated carbocycles. The average Bonchev–Trinajstić information content (AvgIpc) is 2.94. The van der Waals surface area contributed by atoms with Gasteiger partial charge >= 0.3 is 6.09 Å². The number of halogens is 1. The van der Waals surface area contributed by atoms with E-state index in [4.69, 9.17) is 4.74 Å². The minimum atomic E-state index is -1.50. The van der Waals surface area contributed by atoms with Crippen LogP contribution in [-0.4, -0.2) is 43.8 Å². The number of hydrogen-bond donors (Lipinski definition) is 0. The summed E-state index contributed by atoms with van der Waals surface area (Å²) in [6.45, 7) is 9.94. The second-order valence-electron chi connectivity index (χ2n) is 8.14. The lowest BCUT2D eigenvalue weighted by atomic mass is 9.88. The fraction of sp³-hybridized carbons (Fsp3) is 0.526. The van der Waals surface area contributed by atoms with Crippen molar-refractivity contribution >= 4 is 42.1 Å². The minimum Gasteiger partial charge on any atom is -0.450 e. The third-order valence-corrected chi connectivity index (χ3v) is 8.62. The van der Waals surface area contributed by atoms with Crippen molar-refractivity contribution in [3.05, 3.63) is 32.7 Å². The summed E-state index contributed by atoms with van der Waals surface area (Å²) in [5.74, 6) is 0.107. The molecule has 2 aliphatic rings. The van der Waals surface area contributed by atoms with Gasteiger partial charge in [0.15, 0.2) is 0 Å². The van der Waals surface area contributed by atoms with E-state index in [0.717, 1.165) is 33.5 Å². The molecular formula is C19H25BrN2O3Si. The molecule has 0 N–H and O–H groups in total. The number of carbonyl (C=O) groups is 2. The fourth-order valence-corrected chi connectivity index (χ4v) is 4.41. The largest absolute Gasteiger partial charge is 0.450 e. The Labute approximate surface area is 163 Å². The van der Waals surface area contributed by atoms with Crippen LogP contribution >= 0.6 is 15.9 Å². The van der Waals surface area contributed by atoms with Crippen molar-refractivity contribution in [1.29, 1.82) is 0 Å². The maximum Gasteiger partial charge on any atom is 0.409 e. The Hall–Kier alpha value is -1.47. The van der Waals surface area contributed by atoms with Crippen LogP contribution in [-0.2, 0) is 9.53 Å². The molecule has 1 atom stereocenters. The van der Waals surface area contributed by atoms with Gasteiger partial charge in [0.05, 0.1) is 19.2 Å². The Morgan fingerprint density at radius 1 is 1.31 bits per heavy atom. The smallest absolute Gasteiger partial charge is 0.409 e. The van der Waals surface area contributed by atoms with E-state index in [1.165, 1.54) is 0 Å². The lowest BCUT2D eigenvalue weighted by Crippen LogP contribution is -2.45. The first-order valence-corrected chi connectivity index (χ1v) is 13.4. The van der Waals surface area contributed by atoms with Gasteiger partial charge in [-0.2, -0.15) is 0 Å². The van der Waals surface area contributed by atoms with E-state index in [-0.39, 0.29) is 17.7 Å². The molecule has 1 unspecified atom stereocenters. The topological polar surface area (TPSA) is 59.0 Å². The highest BCUT2D eigenvalue weighted by atomic mass is 79.9. The summed E-state index contributed by atoms with van der Waals surface area (Å²) < 4.78 is 6.69. The van der Waals surface area contributed by atoms with E-state index in [1.54, 1.807) is 6.08 Å². The van der Waals surface area contributed by atoms with Gasteiger partial charge in [0.1, 0.15) is 0 Å². The number of carbonyl (C=O) groups excluding carboxylic acids is 2. The predicted octanol–water partition coefficient (Wildman–Crippen LogP) is 2.97. The van der Waals surface area contributed by atoms with Crippen molar-refractivity contribution in [2.24, 2.45) is 4.99 Å². The van der Waals surface area contributed by atoms with Crippen LogP contribution in [0.2, 0.25) is 19.6 Å². The van der Waals surface area contributed by atoms with Gasteiger partial charge in [0.2, 0.25) is 0 Å². The lowest BCUT2D eigenvalue weighted by molar-refractivity contribution is -0.112. The summed E-state index contributed by atoms with van der Waals surface area (Å²) >= 11 is 3.63. The molecule has 2 amide bonds. The molecule has 26 heavy (non-hydrogen) atoms. The van der Waals surface area contributed by atoms with E-state index < -0.39 is 8.07 Å². The number of benzene rings is 1. The van der Waals surface area contributed by atoms with E-state index in [0.29, 0.717) is 19.0 Å². The van der Waals surface area contributed by atoms with Gasteiger partial charge in [0.25, 0.3) is 5.91 Å². The molecule has 0 aliphatic carbocycles. The van der Waals surface area contributed by atoms with Crippen molar-refractivity contribution in [2.45, 2.75) is 51.1 Å². The van der Waals surface area contributed by atoms with Crippen molar-refractivity contribution in [1.82, 2.24) is 4.90 Å². The first kappa shape index (κ1) is 19.3. The highest BCUT2D eigenvalue weighted by Crippen LogP contribution is 2.31. The van der Waals surface area contributed by atoms with Crippen LogP contribution in [0.25, 0.3) is 6.08 Å².